The van der Waals surface area contributed by atoms with E-state index in [0.29, 0.717) is 0 Å². The molecule has 1 heterocycles. The fourth-order valence-electron chi connectivity index (χ4n) is 0.902. The minimum atomic E-state index is -3.47. The van der Waals surface area contributed by atoms with Gasteiger partial charge in [0.25, 0.3) is 0 Å². The van der Waals surface area contributed by atoms with Crippen molar-refractivity contribution in [2.24, 2.45) is 7.05 Å². The molecule has 1 atom stereocenters. The van der Waals surface area contributed by atoms with E-state index in [-0.39, 0.29) is 16.8 Å². The van der Waals surface area contributed by atoms with Crippen LogP contribution in [0.1, 0.15) is 6.92 Å². The van der Waals surface area contributed by atoms with Crippen LogP contribution in [0.25, 0.3) is 0 Å². The zero-order chi connectivity index (χ0) is 10.8. The van der Waals surface area contributed by atoms with Crippen molar-refractivity contribution in [2.45, 2.75) is 17.9 Å². The summed E-state index contributed by atoms with van der Waals surface area (Å²) in [4.78, 5) is 0.150. The van der Waals surface area contributed by atoms with Crippen LogP contribution in [-0.4, -0.2) is 30.1 Å². The Balaban J connectivity index is 2.86. The van der Waals surface area contributed by atoms with Gasteiger partial charge in [-0.15, -0.1) is 11.6 Å². The number of rotatable bonds is 4. The molecule has 1 rings (SSSR count). The lowest BCUT2D eigenvalue weighted by Crippen LogP contribution is -2.33. The molecule has 1 N–H and O–H groups in total. The summed E-state index contributed by atoms with van der Waals surface area (Å²) >= 11 is 5.50. The van der Waals surface area contributed by atoms with Crippen molar-refractivity contribution in [1.82, 2.24) is 14.5 Å². The molecule has 0 saturated carbocycles. The van der Waals surface area contributed by atoms with Crippen molar-refractivity contribution in [2.75, 3.05) is 5.88 Å². The molecular formula is C7H12ClN3O2S. The number of halogens is 1. The Bertz CT molecular complexity index is 401. The largest absolute Gasteiger partial charge is 0.274 e. The van der Waals surface area contributed by atoms with Crippen molar-refractivity contribution < 1.29 is 8.42 Å². The highest BCUT2D eigenvalue weighted by Crippen LogP contribution is 2.06. The van der Waals surface area contributed by atoms with Crippen molar-refractivity contribution in [3.63, 3.8) is 0 Å². The molecule has 0 fully saturated rings. The predicted molar refractivity (Wildman–Crippen MR) is 53.7 cm³/mol. The van der Waals surface area contributed by atoms with E-state index in [4.69, 9.17) is 11.6 Å². The SMILES string of the molecule is CC(CCl)NS(=O)(=O)c1cnn(C)c1. The maximum Gasteiger partial charge on any atom is 0.243 e. The second-order valence-electron chi connectivity index (χ2n) is 3.03. The number of alkyl halides is 1. The molecule has 0 spiro atoms. The number of aryl methyl sites for hydroxylation is 1. The molecule has 0 amide bonds. The quantitative estimate of drug-likeness (QED) is 0.768. The molecule has 14 heavy (non-hydrogen) atoms. The van der Waals surface area contributed by atoms with E-state index < -0.39 is 10.0 Å². The highest BCUT2D eigenvalue weighted by molar-refractivity contribution is 7.89. The lowest BCUT2D eigenvalue weighted by molar-refractivity contribution is 0.570. The van der Waals surface area contributed by atoms with Gasteiger partial charge >= 0.3 is 0 Å². The molecule has 1 aromatic heterocycles. The van der Waals surface area contributed by atoms with Crippen LogP contribution in [0.5, 0.6) is 0 Å². The van der Waals surface area contributed by atoms with Crippen LogP contribution >= 0.6 is 11.6 Å². The molecule has 1 unspecified atom stereocenters. The number of hydrogen-bond acceptors (Lipinski definition) is 3. The van der Waals surface area contributed by atoms with Crippen molar-refractivity contribution in [1.29, 1.82) is 0 Å². The monoisotopic (exact) mass is 237 g/mol. The van der Waals surface area contributed by atoms with Gasteiger partial charge in [-0.25, -0.2) is 13.1 Å². The highest BCUT2D eigenvalue weighted by Gasteiger charge is 2.18. The van der Waals surface area contributed by atoms with Crippen molar-refractivity contribution in [3.05, 3.63) is 12.4 Å². The zero-order valence-corrected chi connectivity index (χ0v) is 9.51. The van der Waals surface area contributed by atoms with Crippen LogP contribution in [0, 0.1) is 0 Å². The third-order valence-electron chi connectivity index (χ3n) is 1.58. The summed E-state index contributed by atoms with van der Waals surface area (Å²) in [6.45, 7) is 1.70. The van der Waals surface area contributed by atoms with E-state index in [9.17, 15) is 8.42 Å². The Morgan fingerprint density at radius 3 is 2.79 bits per heavy atom. The summed E-state index contributed by atoms with van der Waals surface area (Å²) < 4.78 is 27.0. The number of hydrogen-bond donors (Lipinski definition) is 1. The third kappa shape index (κ3) is 2.70. The Morgan fingerprint density at radius 2 is 2.36 bits per heavy atom. The number of nitrogens with zero attached hydrogens (tertiary/aromatic N) is 2. The fourth-order valence-corrected chi connectivity index (χ4v) is 2.30. The van der Waals surface area contributed by atoms with Gasteiger partial charge in [-0.1, -0.05) is 0 Å². The normalized spacial score (nSPS) is 14.2. The topological polar surface area (TPSA) is 64.0 Å². The maximum absolute atomic E-state index is 11.6. The summed E-state index contributed by atoms with van der Waals surface area (Å²) in [5, 5.41) is 3.78. The van der Waals surface area contributed by atoms with Crippen LogP contribution in [0.3, 0.4) is 0 Å². The van der Waals surface area contributed by atoms with Gasteiger partial charge in [-0.3, -0.25) is 4.68 Å². The molecule has 0 radical (unpaired) electrons. The Kier molecular flexibility index (Phi) is 3.52. The molecule has 0 aromatic carbocycles. The summed E-state index contributed by atoms with van der Waals surface area (Å²) in [7, 11) is -1.81. The number of aromatic nitrogens is 2. The van der Waals surface area contributed by atoms with Gasteiger partial charge in [0.05, 0.1) is 6.20 Å². The van der Waals surface area contributed by atoms with Gasteiger partial charge in [0.1, 0.15) is 4.90 Å². The van der Waals surface area contributed by atoms with Crippen molar-refractivity contribution >= 4 is 21.6 Å². The van der Waals surface area contributed by atoms with Crippen LogP contribution in [0.15, 0.2) is 17.3 Å². The summed E-state index contributed by atoms with van der Waals surface area (Å²) in [5.74, 6) is 0.236. The molecular weight excluding hydrogens is 226 g/mol. The minimum absolute atomic E-state index is 0.150. The van der Waals surface area contributed by atoms with Gasteiger partial charge in [0.15, 0.2) is 0 Å². The molecule has 1 aromatic rings. The molecule has 0 bridgehead atoms. The van der Waals surface area contributed by atoms with E-state index in [1.165, 1.54) is 17.1 Å². The molecule has 0 aliphatic carbocycles. The van der Waals surface area contributed by atoms with E-state index in [0.717, 1.165) is 0 Å². The molecule has 0 saturated heterocycles. The summed E-state index contributed by atoms with van der Waals surface area (Å²) in [6.07, 6.45) is 2.73. The highest BCUT2D eigenvalue weighted by atomic mass is 35.5. The van der Waals surface area contributed by atoms with Gasteiger partial charge in [-0.2, -0.15) is 5.10 Å². The second-order valence-corrected chi connectivity index (χ2v) is 5.05. The van der Waals surface area contributed by atoms with Gasteiger partial charge in [0, 0.05) is 25.2 Å². The van der Waals surface area contributed by atoms with Crippen LogP contribution in [0.2, 0.25) is 0 Å². The molecule has 0 aliphatic rings. The molecule has 7 heteroatoms. The number of sulfonamides is 1. The molecule has 0 aliphatic heterocycles. The fraction of sp³-hybridized carbons (Fsp3) is 0.571. The Morgan fingerprint density at radius 1 is 1.71 bits per heavy atom. The van der Waals surface area contributed by atoms with E-state index in [2.05, 4.69) is 9.82 Å². The summed E-state index contributed by atoms with van der Waals surface area (Å²) in [5.41, 5.74) is 0. The van der Waals surface area contributed by atoms with Crippen molar-refractivity contribution in [3.8, 4) is 0 Å². The van der Waals surface area contributed by atoms with Crippen LogP contribution < -0.4 is 4.72 Å². The smallest absolute Gasteiger partial charge is 0.243 e. The van der Waals surface area contributed by atoms with E-state index in [1.54, 1.807) is 14.0 Å². The number of nitrogens with one attached hydrogen (secondary N) is 1. The van der Waals surface area contributed by atoms with Gasteiger partial charge in [0.2, 0.25) is 10.0 Å². The first-order valence-electron chi connectivity index (χ1n) is 4.02. The van der Waals surface area contributed by atoms with Crippen LogP contribution in [0.4, 0.5) is 0 Å². The van der Waals surface area contributed by atoms with Crippen LogP contribution in [-0.2, 0) is 17.1 Å². The first-order chi connectivity index (χ1) is 6.45. The maximum atomic E-state index is 11.6. The Hall–Kier alpha value is -0.590. The Labute approximate surface area is 88.1 Å². The van der Waals surface area contributed by atoms with Gasteiger partial charge in [-0.05, 0) is 6.92 Å². The zero-order valence-electron chi connectivity index (χ0n) is 7.94. The van der Waals surface area contributed by atoms with E-state index >= 15 is 0 Å². The molecule has 80 valence electrons. The first kappa shape index (κ1) is 11.5. The van der Waals surface area contributed by atoms with E-state index in [1.807, 2.05) is 0 Å². The van der Waals surface area contributed by atoms with Gasteiger partial charge < -0.3 is 0 Å². The molecule has 5 nitrogen and oxygen atoms in total. The second kappa shape index (κ2) is 4.29. The third-order valence-corrected chi connectivity index (χ3v) is 3.59. The standard InChI is InChI=1S/C7H12ClN3O2S/c1-6(3-8)10-14(12,13)7-4-9-11(2)5-7/h4-6,10H,3H2,1-2H3. The lowest BCUT2D eigenvalue weighted by atomic mass is 10.4. The average Bonchev–Trinajstić information content (AvgIpc) is 2.51. The lowest BCUT2D eigenvalue weighted by Gasteiger charge is -2.09. The minimum Gasteiger partial charge on any atom is -0.274 e. The predicted octanol–water partition coefficient (Wildman–Crippen LogP) is 0.326. The average molecular weight is 238 g/mol. The first-order valence-corrected chi connectivity index (χ1v) is 6.04. The summed E-state index contributed by atoms with van der Waals surface area (Å²) in [6, 6.07) is -0.290.